The second kappa shape index (κ2) is 19.3. The number of ether oxygens (including phenoxy) is 7. The maximum Gasteiger partial charge on any atom is 0.330 e. The molecule has 3 heterocycles. The molecule has 0 amide bonds. The van der Waals surface area contributed by atoms with E-state index in [-0.39, 0.29) is 37.3 Å². The molecule has 320 valence electrons. The van der Waals surface area contributed by atoms with Gasteiger partial charge >= 0.3 is 11.9 Å². The number of carbonyl (C=O) groups is 2. The first-order chi connectivity index (χ1) is 25.5. The highest BCUT2D eigenvalue weighted by Gasteiger charge is 2.53. The lowest BCUT2D eigenvalue weighted by molar-refractivity contribution is -0.316. The van der Waals surface area contributed by atoms with Crippen molar-refractivity contribution >= 4 is 11.9 Å². The number of likely N-dealkylation sites (N-methyl/N-ethyl adjacent to an activating group) is 2. The van der Waals surface area contributed by atoms with Crippen molar-refractivity contribution in [1.29, 1.82) is 0 Å². The number of rotatable bonds is 9. The summed E-state index contributed by atoms with van der Waals surface area (Å²) in [7, 11) is 5.08. The van der Waals surface area contributed by atoms with Crippen molar-refractivity contribution in [2.75, 3.05) is 27.7 Å². The first-order valence-corrected chi connectivity index (χ1v) is 19.9. The van der Waals surface area contributed by atoms with E-state index >= 15 is 0 Å². The zero-order valence-corrected chi connectivity index (χ0v) is 35.4. The normalized spacial score (nSPS) is 47.2. The first kappa shape index (κ1) is 47.6. The summed E-state index contributed by atoms with van der Waals surface area (Å²) in [6.45, 7) is 21.4. The molecule has 3 aliphatic heterocycles. The van der Waals surface area contributed by atoms with Crippen LogP contribution < -0.4 is 5.32 Å². The second-order valence-corrected chi connectivity index (χ2v) is 17.1. The minimum Gasteiger partial charge on any atom is -0.459 e. The molecule has 0 saturated carbocycles. The van der Waals surface area contributed by atoms with Crippen molar-refractivity contribution in [2.45, 2.75) is 185 Å². The molecule has 0 radical (unpaired) electrons. The minimum atomic E-state index is -1.82. The van der Waals surface area contributed by atoms with E-state index < -0.39 is 102 Å². The number of aliphatic hydroxyl groups is 4. The third-order valence-electron chi connectivity index (χ3n) is 12.3. The van der Waals surface area contributed by atoms with Crippen LogP contribution in [-0.4, -0.2) is 155 Å². The van der Waals surface area contributed by atoms with Crippen LogP contribution in [0.2, 0.25) is 0 Å². The molecule has 3 saturated heterocycles. The van der Waals surface area contributed by atoms with Gasteiger partial charge in [-0.1, -0.05) is 27.4 Å². The maximum absolute atomic E-state index is 14.3. The van der Waals surface area contributed by atoms with Gasteiger partial charge in [0.15, 0.2) is 18.7 Å². The second-order valence-electron chi connectivity index (χ2n) is 17.1. The molecular weight excluding hydrogens is 716 g/mol. The van der Waals surface area contributed by atoms with E-state index in [4.69, 9.17) is 33.2 Å². The van der Waals surface area contributed by atoms with Crippen molar-refractivity contribution < 1.29 is 63.2 Å². The van der Waals surface area contributed by atoms with Crippen molar-refractivity contribution in [2.24, 2.45) is 17.8 Å². The van der Waals surface area contributed by atoms with Crippen LogP contribution in [0.3, 0.4) is 0 Å². The van der Waals surface area contributed by atoms with Crippen molar-refractivity contribution in [3.8, 4) is 0 Å². The van der Waals surface area contributed by atoms with Crippen LogP contribution in [0.15, 0.2) is 12.7 Å². The first-order valence-electron chi connectivity index (χ1n) is 19.9. The van der Waals surface area contributed by atoms with Gasteiger partial charge in [0.2, 0.25) is 0 Å². The highest BCUT2D eigenvalue weighted by Crippen LogP contribution is 2.40. The van der Waals surface area contributed by atoms with Crippen LogP contribution in [0.4, 0.5) is 0 Å². The Labute approximate surface area is 328 Å². The number of nitrogens with one attached hydrogen (secondary N) is 1. The number of hydrogen-bond acceptors (Lipinski definition) is 15. The molecule has 3 aliphatic rings. The predicted molar refractivity (Wildman–Crippen MR) is 204 cm³/mol. The van der Waals surface area contributed by atoms with Gasteiger partial charge in [0.1, 0.15) is 29.5 Å². The molecule has 55 heavy (non-hydrogen) atoms. The lowest BCUT2D eigenvalue weighted by atomic mass is 9.77. The molecule has 0 aliphatic carbocycles. The van der Waals surface area contributed by atoms with E-state index in [1.807, 2.05) is 25.8 Å². The minimum absolute atomic E-state index is 0.0847. The summed E-state index contributed by atoms with van der Waals surface area (Å²) < 4.78 is 43.5. The van der Waals surface area contributed by atoms with E-state index in [1.165, 1.54) is 14.0 Å². The van der Waals surface area contributed by atoms with Crippen molar-refractivity contribution in [3.05, 3.63) is 12.7 Å². The number of hydrogen-bond donors (Lipinski definition) is 5. The largest absolute Gasteiger partial charge is 0.459 e. The zero-order valence-electron chi connectivity index (χ0n) is 35.4. The molecule has 0 aromatic carbocycles. The van der Waals surface area contributed by atoms with Gasteiger partial charge in [-0.15, -0.1) is 0 Å². The Bertz CT molecular complexity index is 1270. The third-order valence-corrected chi connectivity index (χ3v) is 12.3. The average molecular weight is 789 g/mol. The average Bonchev–Trinajstić information content (AvgIpc) is 3.11. The lowest BCUT2D eigenvalue weighted by Crippen LogP contribution is -2.61. The van der Waals surface area contributed by atoms with Gasteiger partial charge in [0.05, 0.1) is 35.9 Å². The van der Waals surface area contributed by atoms with E-state index in [2.05, 4.69) is 11.9 Å². The van der Waals surface area contributed by atoms with Crippen LogP contribution in [0, 0.1) is 17.8 Å². The molecule has 0 aromatic rings. The summed E-state index contributed by atoms with van der Waals surface area (Å²) in [5.41, 5.74) is -4.49. The Morgan fingerprint density at radius 2 is 1.67 bits per heavy atom. The standard InChI is InChI=1S/C40H72N2O13/c1-15-28-40(11,48)33(45)25(7)42(13)20-21(3)18-38(9,47)34(55-37-31(44)27(41-12)17-22(4)50-37)23(5)32(24(6)36(46)52-28)54-30-19-39(10,49-14)35(26(8)51-30)53-29(43)16-2/h16,21-28,30-35,37,41,44-45,47-48H,2,15,17-20H2,1,3-14H3/t21-,22-,23+,24-,25-,26+,27+,28-,30+,31-,32+,33-,34-,35?,37+,38-,39-,40-/m1/s1. The Morgan fingerprint density at radius 1 is 1.04 bits per heavy atom. The molecular formula is C40H72N2O13. The van der Waals surface area contributed by atoms with Crippen LogP contribution in [0.25, 0.3) is 0 Å². The SMILES string of the molecule is C=CC(=O)OC1[C@H](C)O[C@@H](O[C@H]2[C@H](C)[C@@H](O[C@@H]3O[C@H](C)C[C@H](NC)[C@H]3O)[C@](C)(O)C[C@@H](C)CN(C)[C@H](C)[C@@H](O)[C@](C)(O)[C@@H](CC)OC(=O)[C@@H]2C)C[C@@]1(C)OC. The number of cyclic esters (lactones) is 1. The molecule has 0 spiro atoms. The maximum atomic E-state index is 14.3. The molecule has 1 unspecified atom stereocenters. The molecule has 5 N–H and O–H groups in total. The van der Waals surface area contributed by atoms with Gasteiger partial charge in [0, 0.05) is 44.2 Å². The monoisotopic (exact) mass is 789 g/mol. The molecule has 15 heteroatoms. The fourth-order valence-corrected chi connectivity index (χ4v) is 8.92. The molecule has 3 rings (SSSR count). The highest BCUT2D eigenvalue weighted by molar-refractivity contribution is 5.81. The van der Waals surface area contributed by atoms with Gasteiger partial charge in [0.25, 0.3) is 0 Å². The van der Waals surface area contributed by atoms with Crippen molar-refractivity contribution in [1.82, 2.24) is 10.2 Å². The number of carbonyl (C=O) groups excluding carboxylic acids is 2. The zero-order chi connectivity index (χ0) is 41.8. The van der Waals surface area contributed by atoms with E-state index in [9.17, 15) is 30.0 Å². The van der Waals surface area contributed by atoms with Crippen LogP contribution in [0.1, 0.15) is 94.9 Å². The quantitative estimate of drug-likeness (QED) is 0.169. The fraction of sp³-hybridized carbons (Fsp3) is 0.900. The van der Waals surface area contributed by atoms with Gasteiger partial charge in [-0.2, -0.15) is 0 Å². The van der Waals surface area contributed by atoms with Gasteiger partial charge in [-0.25, -0.2) is 4.79 Å². The summed E-state index contributed by atoms with van der Waals surface area (Å²) in [5.74, 6) is -3.36. The summed E-state index contributed by atoms with van der Waals surface area (Å²) in [6.07, 6.45) is -7.47. The van der Waals surface area contributed by atoms with E-state index in [1.54, 1.807) is 55.5 Å². The lowest BCUT2D eigenvalue weighted by Gasteiger charge is -2.49. The number of esters is 2. The smallest absolute Gasteiger partial charge is 0.330 e. The van der Waals surface area contributed by atoms with Gasteiger partial charge < -0.3 is 63.8 Å². The fourth-order valence-electron chi connectivity index (χ4n) is 8.92. The number of nitrogens with zero attached hydrogens (tertiary/aromatic N) is 1. The van der Waals surface area contributed by atoms with Crippen molar-refractivity contribution in [3.63, 3.8) is 0 Å². The summed E-state index contributed by atoms with van der Waals surface area (Å²) in [5, 5.41) is 50.3. The summed E-state index contributed by atoms with van der Waals surface area (Å²) in [4.78, 5) is 28.5. The number of methoxy groups -OCH3 is 1. The Morgan fingerprint density at radius 3 is 2.24 bits per heavy atom. The highest BCUT2D eigenvalue weighted by atomic mass is 16.7. The van der Waals surface area contributed by atoms with Crippen LogP contribution in [-0.2, 0) is 42.7 Å². The third kappa shape index (κ3) is 11.0. The van der Waals surface area contributed by atoms with E-state index in [0.717, 1.165) is 6.08 Å². The summed E-state index contributed by atoms with van der Waals surface area (Å²) >= 11 is 0. The predicted octanol–water partition coefficient (Wildman–Crippen LogP) is 2.30. The van der Waals surface area contributed by atoms with Gasteiger partial charge in [-0.3, -0.25) is 4.79 Å². The van der Waals surface area contributed by atoms with Crippen LogP contribution in [0.5, 0.6) is 0 Å². The molecule has 0 aromatic heterocycles. The topological polar surface area (TPSA) is 195 Å². The Hall–Kier alpha value is -1.76. The van der Waals surface area contributed by atoms with Crippen LogP contribution >= 0.6 is 0 Å². The molecule has 15 nitrogen and oxygen atoms in total. The van der Waals surface area contributed by atoms with Gasteiger partial charge in [-0.05, 0) is 87.7 Å². The molecule has 18 atom stereocenters. The summed E-state index contributed by atoms with van der Waals surface area (Å²) in [6, 6.07) is -0.899. The molecule has 3 fully saturated rings. The Balaban J connectivity index is 2.17. The number of aliphatic hydroxyl groups excluding tert-OH is 2. The molecule has 0 bridgehead atoms. The van der Waals surface area contributed by atoms with E-state index in [0.29, 0.717) is 13.0 Å². The Kier molecular flexibility index (Phi) is 16.7.